The second-order valence-electron chi connectivity index (χ2n) is 6.46. The number of hydrogen-bond donors (Lipinski definition) is 0. The van der Waals surface area contributed by atoms with Gasteiger partial charge in [-0.1, -0.05) is 47.6 Å². The van der Waals surface area contributed by atoms with Gasteiger partial charge in [0.1, 0.15) is 35.2 Å². The molecule has 7 heteroatoms. The normalized spacial score (nSPS) is 10.6. The third kappa shape index (κ3) is 4.49. The number of carbonyl (C=O) groups is 1. The largest absolute Gasteiger partial charge is 0.490 e. The van der Waals surface area contributed by atoms with Crippen molar-refractivity contribution in [2.24, 2.45) is 0 Å². The monoisotopic (exact) mass is 414 g/mol. The summed E-state index contributed by atoms with van der Waals surface area (Å²) in [6, 6.07) is 11.7. The van der Waals surface area contributed by atoms with Crippen LogP contribution in [0.1, 0.15) is 21.7 Å². The summed E-state index contributed by atoms with van der Waals surface area (Å²) < 4.78 is 25.0. The Morgan fingerprint density at radius 2 is 2.03 bits per heavy atom. The van der Waals surface area contributed by atoms with Crippen molar-refractivity contribution in [2.45, 2.75) is 13.5 Å². The minimum atomic E-state index is -0.572. The molecule has 0 saturated carbocycles. The van der Waals surface area contributed by atoms with Crippen molar-refractivity contribution in [1.82, 2.24) is 10.1 Å². The second-order valence-corrected chi connectivity index (χ2v) is 6.87. The summed E-state index contributed by atoms with van der Waals surface area (Å²) >= 11 is 6.15. The summed E-state index contributed by atoms with van der Waals surface area (Å²) in [5, 5.41) is 4.04. The predicted octanol–water partition coefficient (Wildman–Crippen LogP) is 5.28. The van der Waals surface area contributed by atoms with Crippen LogP contribution in [0.4, 0.5) is 4.39 Å². The van der Waals surface area contributed by atoms with E-state index in [0.717, 1.165) is 5.56 Å². The van der Waals surface area contributed by atoms with Gasteiger partial charge in [0.25, 0.3) is 5.91 Å². The summed E-state index contributed by atoms with van der Waals surface area (Å²) in [7, 11) is 1.66. The lowest BCUT2D eigenvalue weighted by molar-refractivity contribution is 0.0784. The summed E-state index contributed by atoms with van der Waals surface area (Å²) in [4.78, 5) is 14.6. The fraction of sp³-hybridized carbons (Fsp3) is 0.182. The molecule has 0 aliphatic heterocycles. The Labute approximate surface area is 173 Å². The second kappa shape index (κ2) is 8.92. The van der Waals surface area contributed by atoms with E-state index in [9.17, 15) is 9.18 Å². The van der Waals surface area contributed by atoms with Crippen molar-refractivity contribution in [3.8, 4) is 17.0 Å². The van der Waals surface area contributed by atoms with E-state index in [1.165, 1.54) is 23.1 Å². The molecule has 0 radical (unpaired) electrons. The molecule has 0 bridgehead atoms. The van der Waals surface area contributed by atoms with Crippen molar-refractivity contribution >= 4 is 17.5 Å². The number of carbonyl (C=O) groups excluding carboxylic acids is 1. The Hall–Kier alpha value is -3.12. The first-order valence-corrected chi connectivity index (χ1v) is 9.29. The number of rotatable bonds is 7. The van der Waals surface area contributed by atoms with Gasteiger partial charge in [-0.3, -0.25) is 4.79 Å². The van der Waals surface area contributed by atoms with Gasteiger partial charge in [0, 0.05) is 13.6 Å². The molecule has 0 N–H and O–H groups in total. The first-order chi connectivity index (χ1) is 13.9. The number of benzene rings is 2. The lowest BCUT2D eigenvalue weighted by Crippen LogP contribution is -2.27. The SMILES string of the molecule is C=CCOc1ccc(CN(C)C(=O)c2c(-c3c(F)cccc3Cl)noc2C)cc1. The van der Waals surface area contributed by atoms with E-state index in [4.69, 9.17) is 20.9 Å². The maximum atomic E-state index is 14.4. The van der Waals surface area contributed by atoms with Gasteiger partial charge in [-0.15, -0.1) is 0 Å². The average Bonchev–Trinajstić information content (AvgIpc) is 3.07. The molecule has 1 heterocycles. The molecule has 1 aromatic heterocycles. The molecule has 2 aromatic carbocycles. The molecule has 0 spiro atoms. The summed E-state index contributed by atoms with van der Waals surface area (Å²) in [5.74, 6) is 0.0981. The standard InChI is InChI=1S/C22H20ClFN2O3/c1-4-12-28-16-10-8-15(9-11-16)13-26(3)22(27)19-14(2)29-25-21(19)20-17(23)6-5-7-18(20)24/h4-11H,1,12-13H2,2-3H3. The van der Waals surface area contributed by atoms with Gasteiger partial charge in [0.05, 0.1) is 10.6 Å². The molecule has 3 rings (SSSR count). The van der Waals surface area contributed by atoms with Crippen LogP contribution in [0.25, 0.3) is 11.3 Å². The molecule has 1 amide bonds. The van der Waals surface area contributed by atoms with E-state index in [0.29, 0.717) is 24.7 Å². The van der Waals surface area contributed by atoms with E-state index in [1.807, 2.05) is 24.3 Å². The molecule has 0 aliphatic rings. The Balaban J connectivity index is 1.84. The molecule has 3 aromatic rings. The van der Waals surface area contributed by atoms with Crippen LogP contribution in [-0.2, 0) is 6.54 Å². The Kier molecular flexibility index (Phi) is 6.34. The lowest BCUT2D eigenvalue weighted by Gasteiger charge is -2.18. The molecule has 150 valence electrons. The Morgan fingerprint density at radius 3 is 2.69 bits per heavy atom. The maximum Gasteiger partial charge on any atom is 0.259 e. The van der Waals surface area contributed by atoms with Crippen molar-refractivity contribution < 1.29 is 18.4 Å². The van der Waals surface area contributed by atoms with Crippen molar-refractivity contribution in [1.29, 1.82) is 0 Å². The molecule has 29 heavy (non-hydrogen) atoms. The van der Waals surface area contributed by atoms with E-state index in [1.54, 1.807) is 20.0 Å². The highest BCUT2D eigenvalue weighted by Gasteiger charge is 2.27. The molecular weight excluding hydrogens is 395 g/mol. The van der Waals surface area contributed by atoms with Crippen molar-refractivity contribution in [3.05, 3.63) is 82.8 Å². The van der Waals surface area contributed by atoms with Crippen LogP contribution in [-0.4, -0.2) is 29.6 Å². The number of hydrogen-bond acceptors (Lipinski definition) is 4. The molecule has 0 aliphatic carbocycles. The van der Waals surface area contributed by atoms with Gasteiger partial charge < -0.3 is 14.2 Å². The third-order valence-corrected chi connectivity index (χ3v) is 4.65. The van der Waals surface area contributed by atoms with Crippen molar-refractivity contribution in [2.75, 3.05) is 13.7 Å². The van der Waals surface area contributed by atoms with E-state index in [-0.39, 0.29) is 27.8 Å². The van der Waals surface area contributed by atoms with E-state index < -0.39 is 5.82 Å². The van der Waals surface area contributed by atoms with E-state index >= 15 is 0 Å². The van der Waals surface area contributed by atoms with Crippen LogP contribution in [0.15, 0.2) is 59.6 Å². The number of amides is 1. The highest BCUT2D eigenvalue weighted by atomic mass is 35.5. The molecule has 0 saturated heterocycles. The number of aryl methyl sites for hydroxylation is 1. The minimum Gasteiger partial charge on any atom is -0.490 e. The number of nitrogens with zero attached hydrogens (tertiary/aromatic N) is 2. The van der Waals surface area contributed by atoms with Gasteiger partial charge >= 0.3 is 0 Å². The van der Waals surface area contributed by atoms with Crippen molar-refractivity contribution in [3.63, 3.8) is 0 Å². The van der Waals surface area contributed by atoms with Crippen LogP contribution in [0.3, 0.4) is 0 Å². The maximum absolute atomic E-state index is 14.4. The smallest absolute Gasteiger partial charge is 0.259 e. The fourth-order valence-electron chi connectivity index (χ4n) is 2.90. The number of ether oxygens (including phenoxy) is 1. The van der Waals surface area contributed by atoms with Crippen LogP contribution < -0.4 is 4.74 Å². The van der Waals surface area contributed by atoms with Gasteiger partial charge in [-0.05, 0) is 36.8 Å². The van der Waals surface area contributed by atoms with Gasteiger partial charge in [0.15, 0.2) is 0 Å². The number of aromatic nitrogens is 1. The zero-order valence-electron chi connectivity index (χ0n) is 16.1. The average molecular weight is 415 g/mol. The quantitative estimate of drug-likeness (QED) is 0.493. The zero-order valence-corrected chi connectivity index (χ0v) is 16.9. The minimum absolute atomic E-state index is 0.0477. The topological polar surface area (TPSA) is 55.6 Å². The summed E-state index contributed by atoms with van der Waals surface area (Å²) in [5.41, 5.74) is 1.24. The van der Waals surface area contributed by atoms with Crippen LogP contribution in [0, 0.1) is 12.7 Å². The zero-order chi connectivity index (χ0) is 21.0. The van der Waals surface area contributed by atoms with Gasteiger partial charge in [-0.25, -0.2) is 4.39 Å². The first-order valence-electron chi connectivity index (χ1n) is 8.91. The highest BCUT2D eigenvalue weighted by molar-refractivity contribution is 6.33. The summed E-state index contributed by atoms with van der Waals surface area (Å²) in [6.07, 6.45) is 1.67. The molecular formula is C22H20ClFN2O3. The number of halogens is 2. The Bertz CT molecular complexity index is 1010. The van der Waals surface area contributed by atoms with E-state index in [2.05, 4.69) is 11.7 Å². The first kappa shape index (κ1) is 20.6. The van der Waals surface area contributed by atoms with Crippen LogP contribution >= 0.6 is 11.6 Å². The summed E-state index contributed by atoms with van der Waals surface area (Å²) in [6.45, 7) is 5.98. The Morgan fingerprint density at radius 1 is 1.31 bits per heavy atom. The predicted molar refractivity (Wildman–Crippen MR) is 110 cm³/mol. The lowest BCUT2D eigenvalue weighted by atomic mass is 10.0. The molecule has 0 fully saturated rings. The molecule has 5 nitrogen and oxygen atoms in total. The van der Waals surface area contributed by atoms with Gasteiger partial charge in [0.2, 0.25) is 0 Å². The highest BCUT2D eigenvalue weighted by Crippen LogP contribution is 2.34. The van der Waals surface area contributed by atoms with Crippen LogP contribution in [0.2, 0.25) is 5.02 Å². The third-order valence-electron chi connectivity index (χ3n) is 4.33. The molecule has 0 atom stereocenters. The van der Waals surface area contributed by atoms with Gasteiger partial charge in [-0.2, -0.15) is 0 Å². The fourth-order valence-corrected chi connectivity index (χ4v) is 3.15. The van der Waals surface area contributed by atoms with Crippen LogP contribution in [0.5, 0.6) is 5.75 Å². The molecule has 0 unspecified atom stereocenters.